The normalized spacial score (nSPS) is 15.3. The van der Waals surface area contributed by atoms with E-state index < -0.39 is 17.9 Å². The van der Waals surface area contributed by atoms with Crippen LogP contribution in [0.4, 0.5) is 0 Å². The summed E-state index contributed by atoms with van der Waals surface area (Å²) in [6.07, 6.45) is -0.184. The summed E-state index contributed by atoms with van der Waals surface area (Å²) in [4.78, 5) is 27.9. The maximum Gasteiger partial charge on any atom is 0.311 e. The van der Waals surface area contributed by atoms with Crippen molar-refractivity contribution in [2.75, 3.05) is 39.4 Å². The SMILES string of the molecule is NC(=O)C(=O)N1CCc2c(c(-c3ccc(Cl)c(C#Cc4ccc(CNCc5ccc(Cl)cc5)cc4)c3)nn2C[C@@H](O)CN2CCOCC2)C1. The Bertz CT molecular complexity index is 1860. The molecule has 2 aliphatic heterocycles. The number of hydrogen-bond acceptors (Lipinski definition) is 7. The summed E-state index contributed by atoms with van der Waals surface area (Å²) in [5.41, 5.74) is 12.2. The Kier molecular flexibility index (Phi) is 11.3. The lowest BCUT2D eigenvalue weighted by molar-refractivity contribution is -0.144. The number of carbonyl (C=O) groups excluding carboxylic acids is 2. The molecule has 2 aliphatic rings. The molecule has 254 valence electrons. The molecule has 1 fully saturated rings. The zero-order valence-corrected chi connectivity index (χ0v) is 28.5. The molecule has 49 heavy (non-hydrogen) atoms. The van der Waals surface area contributed by atoms with Gasteiger partial charge in [0.1, 0.15) is 0 Å². The first kappa shape index (κ1) is 34.6. The molecule has 1 saturated heterocycles. The number of amides is 2. The number of nitrogens with two attached hydrogens (primary N) is 1. The monoisotopic (exact) mass is 700 g/mol. The lowest BCUT2D eigenvalue weighted by Gasteiger charge is -2.29. The number of fused-ring (bicyclic) bond motifs is 1. The predicted octanol–water partition coefficient (Wildman–Crippen LogP) is 3.61. The quantitative estimate of drug-likeness (QED) is 0.180. The van der Waals surface area contributed by atoms with Crippen LogP contribution in [0.1, 0.15) is 33.5 Å². The number of aromatic nitrogens is 2. The van der Waals surface area contributed by atoms with Gasteiger partial charge >= 0.3 is 11.8 Å². The maximum absolute atomic E-state index is 12.5. The summed E-state index contributed by atoms with van der Waals surface area (Å²) in [6.45, 7) is 5.58. The van der Waals surface area contributed by atoms with Gasteiger partial charge in [-0.1, -0.05) is 65.4 Å². The molecule has 12 heteroatoms. The van der Waals surface area contributed by atoms with Crippen LogP contribution in [-0.2, 0) is 46.9 Å². The minimum Gasteiger partial charge on any atom is -0.390 e. The molecule has 0 radical (unpaired) electrons. The summed E-state index contributed by atoms with van der Waals surface area (Å²) in [5, 5.41) is 20.6. The summed E-state index contributed by atoms with van der Waals surface area (Å²) >= 11 is 12.6. The Morgan fingerprint density at radius 1 is 0.939 bits per heavy atom. The van der Waals surface area contributed by atoms with E-state index in [2.05, 4.69) is 22.1 Å². The van der Waals surface area contributed by atoms with Crippen molar-refractivity contribution in [3.8, 4) is 23.1 Å². The van der Waals surface area contributed by atoms with Crippen LogP contribution < -0.4 is 11.1 Å². The van der Waals surface area contributed by atoms with Gasteiger partial charge in [0.15, 0.2) is 0 Å². The van der Waals surface area contributed by atoms with Gasteiger partial charge in [-0.3, -0.25) is 19.2 Å². The van der Waals surface area contributed by atoms with Gasteiger partial charge < -0.3 is 25.8 Å². The highest BCUT2D eigenvalue weighted by Crippen LogP contribution is 2.32. The Morgan fingerprint density at radius 3 is 2.33 bits per heavy atom. The zero-order valence-electron chi connectivity index (χ0n) is 27.0. The molecule has 0 unspecified atom stereocenters. The van der Waals surface area contributed by atoms with E-state index in [9.17, 15) is 14.7 Å². The Labute approximate surface area is 295 Å². The molecular formula is C37H38Cl2N6O4. The molecule has 0 aliphatic carbocycles. The second kappa shape index (κ2) is 16.0. The van der Waals surface area contributed by atoms with Crippen LogP contribution in [0.3, 0.4) is 0 Å². The fourth-order valence-electron chi connectivity index (χ4n) is 6.11. The smallest absolute Gasteiger partial charge is 0.311 e. The molecule has 6 rings (SSSR count). The standard InChI is InChI=1S/C37H38Cl2N6O4/c38-30-10-6-27(7-11-30)21-41-20-26-3-1-25(2-4-26)5-8-28-19-29(9-12-33(28)39)35-32-24-44(37(48)36(40)47)14-13-34(32)45(42-35)23-31(46)22-43-15-17-49-18-16-43/h1-4,6-7,9-12,19,31,41,46H,13-18,20-24H2,(H2,40,47)/t31-/m0/s1. The van der Waals surface area contributed by atoms with Crippen molar-refractivity contribution in [3.05, 3.63) is 110 Å². The van der Waals surface area contributed by atoms with Crippen molar-refractivity contribution in [2.24, 2.45) is 5.73 Å². The maximum atomic E-state index is 12.5. The van der Waals surface area contributed by atoms with Crippen LogP contribution >= 0.6 is 23.2 Å². The Morgan fingerprint density at radius 2 is 1.63 bits per heavy atom. The summed E-state index contributed by atoms with van der Waals surface area (Å²) in [6, 6.07) is 21.4. The highest BCUT2D eigenvalue weighted by Gasteiger charge is 2.31. The number of nitrogens with zero attached hydrogens (tertiary/aromatic N) is 4. The van der Waals surface area contributed by atoms with Gasteiger partial charge in [0, 0.05) is 78.7 Å². The second-order valence-corrected chi connectivity index (χ2v) is 13.1. The van der Waals surface area contributed by atoms with E-state index in [0.29, 0.717) is 55.5 Å². The van der Waals surface area contributed by atoms with Crippen LogP contribution in [0.5, 0.6) is 0 Å². The summed E-state index contributed by atoms with van der Waals surface area (Å²) in [7, 11) is 0. The number of halogens is 2. The first-order chi connectivity index (χ1) is 23.7. The number of benzene rings is 3. The molecule has 1 aromatic heterocycles. The van der Waals surface area contributed by atoms with E-state index in [1.165, 1.54) is 4.90 Å². The van der Waals surface area contributed by atoms with Crippen LogP contribution in [-0.4, -0.2) is 82.0 Å². The lowest BCUT2D eigenvalue weighted by atomic mass is 9.99. The minimum atomic E-state index is -0.996. The van der Waals surface area contributed by atoms with E-state index in [1.54, 1.807) is 6.07 Å². The molecule has 3 aromatic carbocycles. The molecule has 10 nitrogen and oxygen atoms in total. The van der Waals surface area contributed by atoms with Gasteiger partial charge in [-0.15, -0.1) is 0 Å². The minimum absolute atomic E-state index is 0.177. The number of primary amides is 1. The second-order valence-electron chi connectivity index (χ2n) is 12.2. The predicted molar refractivity (Wildman–Crippen MR) is 189 cm³/mol. The third-order valence-corrected chi connectivity index (χ3v) is 9.28. The van der Waals surface area contributed by atoms with Crippen molar-refractivity contribution in [1.29, 1.82) is 0 Å². The van der Waals surface area contributed by atoms with Gasteiger partial charge in [-0.25, -0.2) is 0 Å². The van der Waals surface area contributed by atoms with Gasteiger partial charge in [0.2, 0.25) is 0 Å². The molecule has 1 atom stereocenters. The molecule has 2 amide bonds. The largest absolute Gasteiger partial charge is 0.390 e. The molecular weight excluding hydrogens is 663 g/mol. The molecule has 0 bridgehead atoms. The fraction of sp³-hybridized carbons (Fsp3) is 0.324. The Hall–Kier alpha value is -4.21. The average Bonchev–Trinajstić information content (AvgIpc) is 3.46. The number of rotatable bonds is 9. The molecule has 4 aromatic rings. The zero-order chi connectivity index (χ0) is 34.3. The number of β-amino-alcohol motifs (C(OH)–C–C–N with tert-alkyl or cyclic N) is 1. The van der Waals surface area contributed by atoms with E-state index in [0.717, 1.165) is 58.2 Å². The van der Waals surface area contributed by atoms with Crippen molar-refractivity contribution in [2.45, 2.75) is 38.7 Å². The van der Waals surface area contributed by atoms with Gasteiger partial charge in [-0.05, 0) is 47.5 Å². The van der Waals surface area contributed by atoms with Gasteiger partial charge in [0.05, 0.1) is 43.1 Å². The topological polar surface area (TPSA) is 126 Å². The van der Waals surface area contributed by atoms with Crippen molar-refractivity contribution in [1.82, 2.24) is 24.9 Å². The fourth-order valence-corrected chi connectivity index (χ4v) is 6.40. The third kappa shape index (κ3) is 8.88. The number of aliphatic hydroxyl groups excluding tert-OH is 1. The van der Waals surface area contributed by atoms with Gasteiger partial charge in [0.25, 0.3) is 0 Å². The number of hydrogen-bond donors (Lipinski definition) is 3. The first-order valence-corrected chi connectivity index (χ1v) is 17.0. The average molecular weight is 702 g/mol. The van der Waals surface area contributed by atoms with E-state index in [4.69, 9.17) is 38.8 Å². The molecule has 0 saturated carbocycles. The summed E-state index contributed by atoms with van der Waals surface area (Å²) in [5.74, 6) is 4.70. The van der Waals surface area contributed by atoms with E-state index in [1.807, 2.05) is 65.3 Å². The van der Waals surface area contributed by atoms with Crippen LogP contribution in [0.15, 0.2) is 66.7 Å². The van der Waals surface area contributed by atoms with E-state index >= 15 is 0 Å². The number of carbonyl (C=O) groups is 2. The highest BCUT2D eigenvalue weighted by atomic mass is 35.5. The van der Waals surface area contributed by atoms with Crippen molar-refractivity contribution in [3.63, 3.8) is 0 Å². The van der Waals surface area contributed by atoms with Crippen LogP contribution in [0.2, 0.25) is 10.0 Å². The molecule has 0 spiro atoms. The van der Waals surface area contributed by atoms with Crippen molar-refractivity contribution >= 4 is 35.0 Å². The molecule has 3 heterocycles. The van der Waals surface area contributed by atoms with Crippen molar-refractivity contribution < 1.29 is 19.4 Å². The first-order valence-electron chi connectivity index (χ1n) is 16.2. The highest BCUT2D eigenvalue weighted by molar-refractivity contribution is 6.34. The number of aliphatic hydroxyl groups is 1. The molecule has 4 N–H and O–H groups in total. The summed E-state index contributed by atoms with van der Waals surface area (Å²) < 4.78 is 7.26. The Balaban J connectivity index is 1.20. The van der Waals surface area contributed by atoms with Crippen LogP contribution in [0, 0.1) is 11.8 Å². The van der Waals surface area contributed by atoms with E-state index in [-0.39, 0.29) is 13.1 Å². The number of morpholine rings is 1. The lowest BCUT2D eigenvalue weighted by Crippen LogP contribution is -2.43. The third-order valence-electron chi connectivity index (χ3n) is 8.70. The number of ether oxygens (including phenoxy) is 1. The number of nitrogens with one attached hydrogen (secondary N) is 1. The van der Waals surface area contributed by atoms with Crippen LogP contribution in [0.25, 0.3) is 11.3 Å². The van der Waals surface area contributed by atoms with Gasteiger partial charge in [-0.2, -0.15) is 5.10 Å².